The Kier molecular flexibility index (Phi) is 3.06. The summed E-state index contributed by atoms with van der Waals surface area (Å²) in [6, 6.07) is 3.90. The standard InChI is InChI=1S/C13H16N4O2/c1-9-8-10(16-19-9)11-4-3-7-17(11)13-14-6-5-12(15-13)18-2/h5-6,8,11H,3-4,7H2,1-2H3. The quantitative estimate of drug-likeness (QED) is 0.842. The minimum absolute atomic E-state index is 0.185. The van der Waals surface area contributed by atoms with Gasteiger partial charge >= 0.3 is 0 Å². The number of ether oxygens (including phenoxy) is 1. The van der Waals surface area contributed by atoms with Gasteiger partial charge in [-0.2, -0.15) is 4.98 Å². The second-order valence-corrected chi connectivity index (χ2v) is 4.61. The molecule has 3 rings (SSSR count). The lowest BCUT2D eigenvalue weighted by Crippen LogP contribution is -2.24. The zero-order valence-corrected chi connectivity index (χ0v) is 11.0. The number of aryl methyl sites for hydroxylation is 1. The number of hydrogen-bond donors (Lipinski definition) is 0. The van der Waals surface area contributed by atoms with E-state index < -0.39 is 0 Å². The van der Waals surface area contributed by atoms with Crippen LogP contribution in [0, 0.1) is 6.92 Å². The van der Waals surface area contributed by atoms with Crippen molar-refractivity contribution >= 4 is 5.95 Å². The Labute approximate surface area is 111 Å². The molecule has 19 heavy (non-hydrogen) atoms. The average Bonchev–Trinajstić information content (AvgIpc) is 3.07. The molecule has 0 spiro atoms. The first kappa shape index (κ1) is 12.0. The van der Waals surface area contributed by atoms with Gasteiger partial charge in [0.05, 0.1) is 13.2 Å². The number of aromatic nitrogens is 3. The van der Waals surface area contributed by atoms with Gasteiger partial charge in [-0.1, -0.05) is 5.16 Å². The van der Waals surface area contributed by atoms with Crippen molar-refractivity contribution < 1.29 is 9.26 Å². The van der Waals surface area contributed by atoms with Crippen molar-refractivity contribution in [2.24, 2.45) is 0 Å². The van der Waals surface area contributed by atoms with Crippen LogP contribution in [0.3, 0.4) is 0 Å². The summed E-state index contributed by atoms with van der Waals surface area (Å²) in [5, 5.41) is 4.11. The average molecular weight is 260 g/mol. The van der Waals surface area contributed by atoms with Gasteiger partial charge in [-0.25, -0.2) is 4.98 Å². The fourth-order valence-corrected chi connectivity index (χ4v) is 2.44. The summed E-state index contributed by atoms with van der Waals surface area (Å²) in [4.78, 5) is 10.9. The summed E-state index contributed by atoms with van der Waals surface area (Å²) in [7, 11) is 1.61. The molecule has 0 N–H and O–H groups in total. The second kappa shape index (κ2) is 4.87. The van der Waals surface area contributed by atoms with Gasteiger partial charge in [0, 0.05) is 24.9 Å². The van der Waals surface area contributed by atoms with E-state index in [0.717, 1.165) is 30.8 Å². The molecule has 2 aromatic heterocycles. The Balaban J connectivity index is 1.90. The molecule has 1 fully saturated rings. The first-order chi connectivity index (χ1) is 9.28. The van der Waals surface area contributed by atoms with E-state index in [1.54, 1.807) is 19.4 Å². The van der Waals surface area contributed by atoms with Crippen molar-refractivity contribution in [2.75, 3.05) is 18.6 Å². The number of nitrogens with zero attached hydrogens (tertiary/aromatic N) is 4. The topological polar surface area (TPSA) is 64.3 Å². The van der Waals surface area contributed by atoms with Crippen LogP contribution in [-0.2, 0) is 0 Å². The van der Waals surface area contributed by atoms with Crippen molar-refractivity contribution in [3.05, 3.63) is 29.8 Å². The molecule has 0 radical (unpaired) electrons. The Morgan fingerprint density at radius 3 is 3.11 bits per heavy atom. The lowest BCUT2D eigenvalue weighted by molar-refractivity contribution is 0.384. The van der Waals surface area contributed by atoms with Crippen LogP contribution in [0.4, 0.5) is 5.95 Å². The van der Waals surface area contributed by atoms with E-state index >= 15 is 0 Å². The summed E-state index contributed by atoms with van der Waals surface area (Å²) in [5.41, 5.74) is 0.946. The van der Waals surface area contributed by atoms with Gasteiger partial charge in [0.15, 0.2) is 0 Å². The summed E-state index contributed by atoms with van der Waals surface area (Å²) in [6.07, 6.45) is 3.84. The molecule has 1 saturated heterocycles. The minimum Gasteiger partial charge on any atom is -0.481 e. The Hall–Kier alpha value is -2.11. The largest absolute Gasteiger partial charge is 0.481 e. The van der Waals surface area contributed by atoms with Crippen molar-refractivity contribution in [3.63, 3.8) is 0 Å². The third-order valence-electron chi connectivity index (χ3n) is 3.32. The van der Waals surface area contributed by atoms with Crippen LogP contribution in [0.15, 0.2) is 22.9 Å². The zero-order valence-electron chi connectivity index (χ0n) is 11.0. The van der Waals surface area contributed by atoms with E-state index in [2.05, 4.69) is 20.0 Å². The fraction of sp³-hybridized carbons (Fsp3) is 0.462. The van der Waals surface area contributed by atoms with E-state index in [1.807, 2.05) is 13.0 Å². The summed E-state index contributed by atoms with van der Waals surface area (Å²) >= 11 is 0. The van der Waals surface area contributed by atoms with Crippen molar-refractivity contribution in [1.29, 1.82) is 0 Å². The molecule has 6 heteroatoms. The fourth-order valence-electron chi connectivity index (χ4n) is 2.44. The maximum absolute atomic E-state index is 5.16. The summed E-state index contributed by atoms with van der Waals surface area (Å²) in [5.74, 6) is 2.09. The number of rotatable bonds is 3. The molecular weight excluding hydrogens is 244 g/mol. The van der Waals surface area contributed by atoms with Crippen LogP contribution in [0.2, 0.25) is 0 Å². The van der Waals surface area contributed by atoms with Crippen LogP contribution in [0.25, 0.3) is 0 Å². The molecule has 100 valence electrons. The minimum atomic E-state index is 0.185. The number of methoxy groups -OCH3 is 1. The van der Waals surface area contributed by atoms with Gasteiger partial charge in [-0.3, -0.25) is 0 Å². The third kappa shape index (κ3) is 2.25. The summed E-state index contributed by atoms with van der Waals surface area (Å²) < 4.78 is 10.3. The van der Waals surface area contributed by atoms with Gasteiger partial charge in [-0.05, 0) is 19.8 Å². The predicted octanol–water partition coefficient (Wildman–Crippen LogP) is 2.12. The molecule has 0 saturated carbocycles. The highest BCUT2D eigenvalue weighted by molar-refractivity contribution is 5.37. The monoisotopic (exact) mass is 260 g/mol. The highest BCUT2D eigenvalue weighted by atomic mass is 16.5. The molecule has 1 aliphatic rings. The number of anilines is 1. The van der Waals surface area contributed by atoms with Crippen LogP contribution >= 0.6 is 0 Å². The van der Waals surface area contributed by atoms with Crippen molar-refractivity contribution in [2.45, 2.75) is 25.8 Å². The van der Waals surface area contributed by atoms with E-state index in [4.69, 9.17) is 9.26 Å². The SMILES string of the molecule is COc1ccnc(N2CCCC2c2cc(C)on2)n1. The molecule has 1 aliphatic heterocycles. The van der Waals surface area contributed by atoms with Gasteiger partial charge < -0.3 is 14.2 Å². The Bertz CT molecular complexity index is 569. The first-order valence-electron chi connectivity index (χ1n) is 6.35. The van der Waals surface area contributed by atoms with Gasteiger partial charge in [-0.15, -0.1) is 0 Å². The Morgan fingerprint density at radius 1 is 1.47 bits per heavy atom. The first-order valence-corrected chi connectivity index (χ1v) is 6.35. The van der Waals surface area contributed by atoms with E-state index in [9.17, 15) is 0 Å². The predicted molar refractivity (Wildman–Crippen MR) is 69.1 cm³/mol. The van der Waals surface area contributed by atoms with E-state index in [-0.39, 0.29) is 6.04 Å². The molecule has 2 aromatic rings. The van der Waals surface area contributed by atoms with Crippen molar-refractivity contribution in [1.82, 2.24) is 15.1 Å². The molecule has 0 aromatic carbocycles. The van der Waals surface area contributed by atoms with Crippen LogP contribution in [0.5, 0.6) is 5.88 Å². The molecule has 1 unspecified atom stereocenters. The molecule has 1 atom stereocenters. The Morgan fingerprint density at radius 2 is 2.37 bits per heavy atom. The third-order valence-corrected chi connectivity index (χ3v) is 3.32. The lowest BCUT2D eigenvalue weighted by atomic mass is 10.1. The highest BCUT2D eigenvalue weighted by Crippen LogP contribution is 2.34. The molecular formula is C13H16N4O2. The van der Waals surface area contributed by atoms with Gasteiger partial charge in [0.1, 0.15) is 11.5 Å². The van der Waals surface area contributed by atoms with Crippen molar-refractivity contribution in [3.8, 4) is 5.88 Å². The summed E-state index contributed by atoms with van der Waals surface area (Å²) in [6.45, 7) is 2.82. The zero-order chi connectivity index (χ0) is 13.2. The smallest absolute Gasteiger partial charge is 0.229 e. The van der Waals surface area contributed by atoms with Gasteiger partial charge in [0.2, 0.25) is 11.8 Å². The van der Waals surface area contributed by atoms with Crippen LogP contribution in [0.1, 0.15) is 30.3 Å². The molecule has 0 bridgehead atoms. The molecule has 0 aliphatic carbocycles. The van der Waals surface area contributed by atoms with E-state index in [1.165, 1.54) is 0 Å². The molecule has 6 nitrogen and oxygen atoms in total. The molecule has 0 amide bonds. The van der Waals surface area contributed by atoms with Gasteiger partial charge in [0.25, 0.3) is 0 Å². The van der Waals surface area contributed by atoms with E-state index in [0.29, 0.717) is 11.8 Å². The lowest BCUT2D eigenvalue weighted by Gasteiger charge is -2.22. The normalized spacial score (nSPS) is 18.8. The van der Waals surface area contributed by atoms with Crippen LogP contribution < -0.4 is 9.64 Å². The highest BCUT2D eigenvalue weighted by Gasteiger charge is 2.30. The maximum Gasteiger partial charge on any atom is 0.229 e. The maximum atomic E-state index is 5.16. The second-order valence-electron chi connectivity index (χ2n) is 4.61. The number of hydrogen-bond acceptors (Lipinski definition) is 6. The van der Waals surface area contributed by atoms with Crippen LogP contribution in [-0.4, -0.2) is 28.8 Å². The molecule has 3 heterocycles.